The van der Waals surface area contributed by atoms with Crippen LogP contribution in [-0.4, -0.2) is 11.7 Å². The molecule has 2 rings (SSSR count). The zero-order valence-corrected chi connectivity index (χ0v) is 11.9. The number of phenolic OH excluding ortho intramolecular Hbond substituents is 1. The van der Waals surface area contributed by atoms with Gasteiger partial charge in [-0.05, 0) is 48.9 Å². The fourth-order valence-corrected chi connectivity index (χ4v) is 2.12. The molecule has 0 spiro atoms. The number of hydrogen-bond acceptors (Lipinski definition) is 2. The Kier molecular flexibility index (Phi) is 5.08. The summed E-state index contributed by atoms with van der Waals surface area (Å²) in [7, 11) is 0. The topological polar surface area (TPSA) is 32.3 Å². The Morgan fingerprint density at radius 3 is 2.37 bits per heavy atom. The molecule has 0 bridgehead atoms. The molecule has 0 aliphatic rings. The molecule has 0 aromatic heterocycles. The van der Waals surface area contributed by atoms with Gasteiger partial charge >= 0.3 is 0 Å². The van der Waals surface area contributed by atoms with Crippen molar-refractivity contribution >= 4 is 23.2 Å². The molecule has 2 nitrogen and oxygen atoms in total. The fourth-order valence-electron chi connectivity index (χ4n) is 1.80. The second-order valence-corrected chi connectivity index (χ2v) is 5.20. The first-order chi connectivity index (χ1) is 9.15. The first kappa shape index (κ1) is 14.2. The lowest BCUT2D eigenvalue weighted by molar-refractivity contribution is 0.464. The van der Waals surface area contributed by atoms with E-state index in [0.717, 1.165) is 23.6 Å². The maximum Gasteiger partial charge on any atom is 0.120 e. The first-order valence-electron chi connectivity index (χ1n) is 6.08. The van der Waals surface area contributed by atoms with Crippen molar-refractivity contribution < 1.29 is 5.11 Å². The zero-order chi connectivity index (χ0) is 13.7. The molecule has 0 saturated carbocycles. The number of aromatic hydroxyl groups is 1. The highest BCUT2D eigenvalue weighted by Crippen LogP contribution is 2.21. The molecule has 0 fully saturated rings. The molecule has 100 valence electrons. The smallest absolute Gasteiger partial charge is 0.120 e. The fraction of sp³-hybridized carbons (Fsp3) is 0.200. The van der Waals surface area contributed by atoms with Crippen LogP contribution in [0.4, 0.5) is 0 Å². The molecule has 0 heterocycles. The highest BCUT2D eigenvalue weighted by Gasteiger charge is 2.01. The summed E-state index contributed by atoms with van der Waals surface area (Å²) in [5.74, 6) is 0.267. The third-order valence-corrected chi connectivity index (χ3v) is 3.35. The van der Waals surface area contributed by atoms with Gasteiger partial charge in [0.2, 0.25) is 0 Å². The molecule has 2 aromatic carbocycles. The van der Waals surface area contributed by atoms with Crippen LogP contribution in [0.2, 0.25) is 10.0 Å². The largest absolute Gasteiger partial charge is 0.508 e. The summed E-state index contributed by atoms with van der Waals surface area (Å²) in [6.45, 7) is 1.42. The molecule has 0 atom stereocenters. The number of nitrogens with one attached hydrogen (secondary N) is 1. The molecular weight excluding hydrogens is 281 g/mol. The summed E-state index contributed by atoms with van der Waals surface area (Å²) >= 11 is 11.7. The molecule has 0 aliphatic carbocycles. The van der Waals surface area contributed by atoms with E-state index >= 15 is 0 Å². The van der Waals surface area contributed by atoms with Gasteiger partial charge in [0.15, 0.2) is 0 Å². The zero-order valence-electron chi connectivity index (χ0n) is 10.4. The lowest BCUT2D eigenvalue weighted by Crippen LogP contribution is -2.16. The van der Waals surface area contributed by atoms with Crippen molar-refractivity contribution in [3.05, 3.63) is 63.6 Å². The van der Waals surface area contributed by atoms with E-state index in [0.29, 0.717) is 11.6 Å². The predicted molar refractivity (Wildman–Crippen MR) is 80.0 cm³/mol. The minimum Gasteiger partial charge on any atom is -0.508 e. The van der Waals surface area contributed by atoms with Gasteiger partial charge in [0.05, 0.1) is 0 Å². The molecule has 0 radical (unpaired) electrons. The second-order valence-electron chi connectivity index (χ2n) is 4.33. The average molecular weight is 296 g/mol. The van der Waals surface area contributed by atoms with E-state index in [1.165, 1.54) is 5.56 Å². The summed E-state index contributed by atoms with van der Waals surface area (Å²) in [6, 6.07) is 12.9. The molecule has 2 N–H and O–H groups in total. The molecule has 19 heavy (non-hydrogen) atoms. The average Bonchev–Trinajstić information content (AvgIpc) is 2.40. The summed E-state index contributed by atoms with van der Waals surface area (Å²) in [4.78, 5) is 0. The molecule has 0 amide bonds. The van der Waals surface area contributed by atoms with E-state index in [1.807, 2.05) is 24.3 Å². The Morgan fingerprint density at radius 1 is 0.947 bits per heavy atom. The standard InChI is InChI=1S/C15H15Cl2NO/c16-13-3-1-11(2-4-13)7-8-18-10-12-9-14(17)5-6-15(12)19/h1-6,9,18-19H,7-8,10H2. The van der Waals surface area contributed by atoms with Crippen LogP contribution < -0.4 is 5.32 Å². The second kappa shape index (κ2) is 6.80. The highest BCUT2D eigenvalue weighted by atomic mass is 35.5. The van der Waals surface area contributed by atoms with Gasteiger partial charge in [-0.2, -0.15) is 0 Å². The van der Waals surface area contributed by atoms with Gasteiger partial charge in [0, 0.05) is 22.2 Å². The monoisotopic (exact) mass is 295 g/mol. The van der Waals surface area contributed by atoms with Gasteiger partial charge < -0.3 is 10.4 Å². The number of rotatable bonds is 5. The van der Waals surface area contributed by atoms with Gasteiger partial charge in [0.1, 0.15) is 5.75 Å². The van der Waals surface area contributed by atoms with Gasteiger partial charge in [-0.25, -0.2) is 0 Å². The van der Waals surface area contributed by atoms with E-state index in [4.69, 9.17) is 23.2 Å². The number of benzene rings is 2. The van der Waals surface area contributed by atoms with Gasteiger partial charge in [-0.15, -0.1) is 0 Å². The van der Waals surface area contributed by atoms with Crippen LogP contribution in [0.5, 0.6) is 5.75 Å². The van der Waals surface area contributed by atoms with Crippen molar-refractivity contribution in [3.63, 3.8) is 0 Å². The lowest BCUT2D eigenvalue weighted by Gasteiger charge is -2.07. The van der Waals surface area contributed by atoms with Crippen molar-refractivity contribution in [2.45, 2.75) is 13.0 Å². The van der Waals surface area contributed by atoms with E-state index in [-0.39, 0.29) is 5.75 Å². The van der Waals surface area contributed by atoms with Crippen molar-refractivity contribution in [1.82, 2.24) is 5.32 Å². The Hall–Kier alpha value is -1.22. The Morgan fingerprint density at radius 2 is 1.63 bits per heavy atom. The quantitative estimate of drug-likeness (QED) is 0.816. The van der Waals surface area contributed by atoms with E-state index in [9.17, 15) is 5.11 Å². The number of phenols is 1. The summed E-state index contributed by atoms with van der Waals surface area (Å²) in [6.07, 6.45) is 0.915. The highest BCUT2D eigenvalue weighted by molar-refractivity contribution is 6.30. The summed E-state index contributed by atoms with van der Waals surface area (Å²) in [5, 5.41) is 14.3. The first-order valence-corrected chi connectivity index (χ1v) is 6.83. The third-order valence-electron chi connectivity index (χ3n) is 2.86. The third kappa shape index (κ3) is 4.43. The molecule has 0 unspecified atom stereocenters. The van der Waals surface area contributed by atoms with Crippen LogP contribution in [-0.2, 0) is 13.0 Å². The molecule has 4 heteroatoms. The maximum absolute atomic E-state index is 9.67. The molecule has 0 aliphatic heterocycles. The van der Waals surface area contributed by atoms with Crippen LogP contribution in [0, 0.1) is 0 Å². The van der Waals surface area contributed by atoms with Crippen LogP contribution in [0.25, 0.3) is 0 Å². The van der Waals surface area contributed by atoms with Crippen molar-refractivity contribution in [2.24, 2.45) is 0 Å². The molecule has 0 saturated heterocycles. The Balaban J connectivity index is 1.80. The van der Waals surface area contributed by atoms with E-state index < -0.39 is 0 Å². The summed E-state index contributed by atoms with van der Waals surface area (Å²) in [5.41, 5.74) is 2.04. The lowest BCUT2D eigenvalue weighted by atomic mass is 10.1. The molecule has 2 aromatic rings. The number of halogens is 2. The van der Waals surface area contributed by atoms with Gasteiger partial charge in [-0.1, -0.05) is 35.3 Å². The van der Waals surface area contributed by atoms with Crippen molar-refractivity contribution in [1.29, 1.82) is 0 Å². The van der Waals surface area contributed by atoms with Crippen molar-refractivity contribution in [3.8, 4) is 5.75 Å². The van der Waals surface area contributed by atoms with Gasteiger partial charge in [0.25, 0.3) is 0 Å². The van der Waals surface area contributed by atoms with Gasteiger partial charge in [-0.3, -0.25) is 0 Å². The minimum atomic E-state index is 0.267. The van der Waals surface area contributed by atoms with Crippen molar-refractivity contribution in [2.75, 3.05) is 6.54 Å². The Bertz CT molecular complexity index is 540. The predicted octanol–water partition coefficient (Wildman–Crippen LogP) is 4.03. The normalized spacial score (nSPS) is 10.6. The maximum atomic E-state index is 9.67. The Labute approximate surface area is 123 Å². The van der Waals surface area contributed by atoms with Crippen LogP contribution in [0.3, 0.4) is 0 Å². The minimum absolute atomic E-state index is 0.267. The van der Waals surface area contributed by atoms with Crippen LogP contribution in [0.15, 0.2) is 42.5 Å². The summed E-state index contributed by atoms with van der Waals surface area (Å²) < 4.78 is 0. The van der Waals surface area contributed by atoms with E-state index in [1.54, 1.807) is 18.2 Å². The number of hydrogen-bond donors (Lipinski definition) is 2. The van der Waals surface area contributed by atoms with E-state index in [2.05, 4.69) is 5.32 Å². The SMILES string of the molecule is Oc1ccc(Cl)cc1CNCCc1ccc(Cl)cc1. The molecular formula is C15H15Cl2NO. The van der Waals surface area contributed by atoms with Crippen LogP contribution in [0.1, 0.15) is 11.1 Å². The van der Waals surface area contributed by atoms with Crippen LogP contribution >= 0.6 is 23.2 Å².